The minimum Gasteiger partial charge on any atom is -0.479 e. The van der Waals surface area contributed by atoms with E-state index in [2.05, 4.69) is 0 Å². The van der Waals surface area contributed by atoms with Crippen molar-refractivity contribution in [2.45, 2.75) is 33.3 Å². The molecule has 1 unspecified atom stereocenters. The molecule has 4 nitrogen and oxygen atoms in total. The van der Waals surface area contributed by atoms with Crippen LogP contribution < -0.4 is 0 Å². The van der Waals surface area contributed by atoms with Gasteiger partial charge < -0.3 is 15.0 Å². The van der Waals surface area contributed by atoms with Gasteiger partial charge in [0, 0.05) is 0 Å². The van der Waals surface area contributed by atoms with Gasteiger partial charge in [0.1, 0.15) is 5.78 Å². The van der Waals surface area contributed by atoms with E-state index in [1.807, 2.05) is 0 Å². The molecule has 0 saturated heterocycles. The molecular formula is C7H14O4. The van der Waals surface area contributed by atoms with Gasteiger partial charge in [0.15, 0.2) is 6.10 Å². The van der Waals surface area contributed by atoms with Crippen LogP contribution in [0, 0.1) is 0 Å². The molecule has 0 aromatic heterocycles. The standard InChI is InChI=1S/C4H8O3.C3H6O/c1-2-3(5)4(6)7;1-3(2)4/h3,5H,2H2,1H3,(H,6,7);1-2H3. The molecule has 0 aliphatic rings. The van der Waals surface area contributed by atoms with E-state index in [4.69, 9.17) is 10.2 Å². The first-order valence-electron chi connectivity index (χ1n) is 3.29. The van der Waals surface area contributed by atoms with Crippen LogP contribution in [-0.4, -0.2) is 28.1 Å². The lowest BCUT2D eigenvalue weighted by molar-refractivity contribution is -0.146. The first kappa shape index (κ1) is 12.7. The van der Waals surface area contributed by atoms with Crippen molar-refractivity contribution in [3.63, 3.8) is 0 Å². The van der Waals surface area contributed by atoms with Gasteiger partial charge in [0.25, 0.3) is 0 Å². The van der Waals surface area contributed by atoms with E-state index in [0.717, 1.165) is 0 Å². The number of ketones is 1. The van der Waals surface area contributed by atoms with Crippen molar-refractivity contribution >= 4 is 11.8 Å². The van der Waals surface area contributed by atoms with Crippen LogP contribution in [0.4, 0.5) is 0 Å². The zero-order chi connectivity index (χ0) is 9.44. The summed E-state index contributed by atoms with van der Waals surface area (Å²) >= 11 is 0. The Balaban J connectivity index is 0. The Morgan fingerprint density at radius 2 is 1.64 bits per heavy atom. The molecule has 0 bridgehead atoms. The number of carboxylic acids is 1. The fraction of sp³-hybridized carbons (Fsp3) is 0.714. The van der Waals surface area contributed by atoms with Gasteiger partial charge in [0.2, 0.25) is 0 Å². The Bertz CT molecular complexity index is 126. The average molecular weight is 162 g/mol. The Hall–Kier alpha value is -0.900. The molecule has 66 valence electrons. The number of aliphatic hydroxyl groups is 1. The molecule has 0 spiro atoms. The van der Waals surface area contributed by atoms with Gasteiger partial charge >= 0.3 is 5.97 Å². The number of hydrogen-bond acceptors (Lipinski definition) is 3. The molecule has 2 N–H and O–H groups in total. The van der Waals surface area contributed by atoms with E-state index in [1.54, 1.807) is 6.92 Å². The Morgan fingerprint density at radius 1 is 1.36 bits per heavy atom. The van der Waals surface area contributed by atoms with Crippen molar-refractivity contribution in [1.29, 1.82) is 0 Å². The van der Waals surface area contributed by atoms with E-state index < -0.39 is 12.1 Å². The van der Waals surface area contributed by atoms with Gasteiger partial charge in [0.05, 0.1) is 0 Å². The Morgan fingerprint density at radius 3 is 1.64 bits per heavy atom. The molecule has 0 fully saturated rings. The van der Waals surface area contributed by atoms with Crippen molar-refractivity contribution < 1.29 is 19.8 Å². The minimum atomic E-state index is -1.18. The van der Waals surface area contributed by atoms with Gasteiger partial charge in [-0.05, 0) is 20.3 Å². The lowest BCUT2D eigenvalue weighted by atomic mass is 10.3. The molecule has 0 aliphatic carbocycles. The van der Waals surface area contributed by atoms with E-state index in [-0.39, 0.29) is 12.2 Å². The number of carbonyl (C=O) groups excluding carboxylic acids is 1. The summed E-state index contributed by atoms with van der Waals surface area (Å²) in [6, 6.07) is 0. The molecule has 0 aromatic carbocycles. The number of hydrogen-bond donors (Lipinski definition) is 2. The number of aliphatic carboxylic acids is 1. The summed E-state index contributed by atoms with van der Waals surface area (Å²) < 4.78 is 0. The predicted molar refractivity (Wildman–Crippen MR) is 40.3 cm³/mol. The Labute approximate surface area is 65.8 Å². The van der Waals surface area contributed by atoms with Crippen LogP contribution in [-0.2, 0) is 9.59 Å². The third-order valence-corrected chi connectivity index (χ3v) is 0.672. The quantitative estimate of drug-likeness (QED) is 0.617. The fourth-order valence-electron chi connectivity index (χ4n) is 0.175. The SMILES string of the molecule is CC(C)=O.CCC(O)C(=O)O. The summed E-state index contributed by atoms with van der Waals surface area (Å²) in [5.74, 6) is -0.984. The predicted octanol–water partition coefficient (Wildman–Crippen LogP) is 0.437. The summed E-state index contributed by atoms with van der Waals surface area (Å²) in [6.07, 6.45) is -0.907. The lowest BCUT2D eigenvalue weighted by Crippen LogP contribution is -2.17. The summed E-state index contributed by atoms with van der Waals surface area (Å²) in [4.78, 5) is 19.1. The minimum absolute atomic E-state index is 0.167. The van der Waals surface area contributed by atoms with Gasteiger partial charge in [-0.15, -0.1) is 0 Å². The van der Waals surface area contributed by atoms with Gasteiger partial charge in [-0.1, -0.05) is 6.92 Å². The van der Waals surface area contributed by atoms with Crippen molar-refractivity contribution in [3.8, 4) is 0 Å². The molecular weight excluding hydrogens is 148 g/mol. The lowest BCUT2D eigenvalue weighted by Gasteiger charge is -1.95. The van der Waals surface area contributed by atoms with E-state index in [1.165, 1.54) is 13.8 Å². The topological polar surface area (TPSA) is 74.6 Å². The van der Waals surface area contributed by atoms with Crippen LogP contribution in [0.2, 0.25) is 0 Å². The third-order valence-electron chi connectivity index (χ3n) is 0.672. The van der Waals surface area contributed by atoms with Crippen molar-refractivity contribution in [3.05, 3.63) is 0 Å². The van der Waals surface area contributed by atoms with Crippen molar-refractivity contribution in [1.82, 2.24) is 0 Å². The summed E-state index contributed by atoms with van der Waals surface area (Å²) in [5.41, 5.74) is 0. The van der Waals surface area contributed by atoms with Gasteiger partial charge in [-0.2, -0.15) is 0 Å². The average Bonchev–Trinajstić information content (AvgIpc) is 1.85. The maximum Gasteiger partial charge on any atom is 0.332 e. The molecule has 0 saturated carbocycles. The van der Waals surface area contributed by atoms with Gasteiger partial charge in [-0.25, -0.2) is 4.79 Å². The summed E-state index contributed by atoms with van der Waals surface area (Å²) in [5, 5.41) is 16.3. The first-order valence-corrected chi connectivity index (χ1v) is 3.29. The number of Topliss-reactive ketones (excluding diaryl/α,β-unsaturated/α-hetero) is 1. The molecule has 1 atom stereocenters. The second-order valence-electron chi connectivity index (χ2n) is 2.17. The summed E-state index contributed by atoms with van der Waals surface area (Å²) in [6.45, 7) is 4.67. The zero-order valence-corrected chi connectivity index (χ0v) is 7.00. The number of aliphatic hydroxyl groups excluding tert-OH is 1. The van der Waals surface area contributed by atoms with Gasteiger partial charge in [-0.3, -0.25) is 0 Å². The van der Waals surface area contributed by atoms with Crippen LogP contribution >= 0.6 is 0 Å². The maximum atomic E-state index is 9.68. The highest BCUT2D eigenvalue weighted by atomic mass is 16.4. The molecule has 0 aromatic rings. The van der Waals surface area contributed by atoms with Crippen LogP contribution in [0.1, 0.15) is 27.2 Å². The summed E-state index contributed by atoms with van der Waals surface area (Å²) in [7, 11) is 0. The molecule has 0 radical (unpaired) electrons. The number of carboxylic acid groups (broad SMARTS) is 1. The fourth-order valence-corrected chi connectivity index (χ4v) is 0.175. The molecule has 0 amide bonds. The zero-order valence-electron chi connectivity index (χ0n) is 7.00. The highest BCUT2D eigenvalue weighted by Crippen LogP contribution is 1.86. The third kappa shape index (κ3) is 17.6. The molecule has 0 rings (SSSR count). The highest BCUT2D eigenvalue weighted by molar-refractivity contribution is 5.72. The maximum absolute atomic E-state index is 9.68. The first-order chi connectivity index (χ1) is 4.91. The van der Waals surface area contributed by atoms with Crippen molar-refractivity contribution in [2.75, 3.05) is 0 Å². The van der Waals surface area contributed by atoms with E-state index >= 15 is 0 Å². The smallest absolute Gasteiger partial charge is 0.332 e. The monoisotopic (exact) mass is 162 g/mol. The second kappa shape index (κ2) is 7.21. The van der Waals surface area contributed by atoms with Crippen LogP contribution in [0.3, 0.4) is 0 Å². The number of rotatable bonds is 2. The largest absolute Gasteiger partial charge is 0.479 e. The van der Waals surface area contributed by atoms with Crippen LogP contribution in [0.5, 0.6) is 0 Å². The molecule has 11 heavy (non-hydrogen) atoms. The van der Waals surface area contributed by atoms with E-state index in [9.17, 15) is 9.59 Å². The normalized spacial score (nSPS) is 10.9. The Kier molecular flexibility index (Phi) is 8.36. The van der Waals surface area contributed by atoms with Crippen molar-refractivity contribution in [2.24, 2.45) is 0 Å². The molecule has 0 heterocycles. The molecule has 0 aliphatic heterocycles. The number of carbonyl (C=O) groups is 2. The second-order valence-corrected chi connectivity index (χ2v) is 2.17. The molecule has 4 heteroatoms. The van der Waals surface area contributed by atoms with Crippen LogP contribution in [0.15, 0.2) is 0 Å². The van der Waals surface area contributed by atoms with E-state index in [0.29, 0.717) is 0 Å². The highest BCUT2D eigenvalue weighted by Gasteiger charge is 2.07. The van der Waals surface area contributed by atoms with Crippen LogP contribution in [0.25, 0.3) is 0 Å².